The number of hydrogen-bond acceptors (Lipinski definition) is 4. The lowest BCUT2D eigenvalue weighted by Gasteiger charge is -2.38. The topological polar surface area (TPSA) is 81.8 Å². The molecule has 0 spiro atoms. The summed E-state index contributed by atoms with van der Waals surface area (Å²) in [6.45, 7) is 12.0. The Morgan fingerprint density at radius 2 is 1.59 bits per heavy atom. The second-order valence-electron chi connectivity index (χ2n) is 8.24. The summed E-state index contributed by atoms with van der Waals surface area (Å²) in [4.78, 5) is 40.4. The van der Waals surface area contributed by atoms with E-state index in [0.717, 1.165) is 19.5 Å². The number of carbonyl (C=O) groups excluding carboxylic acids is 3. The molecule has 2 rings (SSSR count). The van der Waals surface area contributed by atoms with Crippen molar-refractivity contribution in [2.45, 2.75) is 47.1 Å². The van der Waals surface area contributed by atoms with E-state index in [0.29, 0.717) is 29.8 Å². The highest BCUT2D eigenvalue weighted by atomic mass is 16.2. The molecule has 0 saturated carbocycles. The highest BCUT2D eigenvalue weighted by Gasteiger charge is 2.31. The minimum Gasteiger partial charge on any atom is -0.341 e. The van der Waals surface area contributed by atoms with E-state index in [1.165, 1.54) is 6.92 Å². The molecular weight excluding hydrogens is 368 g/mol. The molecule has 2 N–H and O–H groups in total. The summed E-state index contributed by atoms with van der Waals surface area (Å²) in [5.74, 6) is 0.802. The van der Waals surface area contributed by atoms with E-state index < -0.39 is 0 Å². The number of rotatable bonds is 7. The fourth-order valence-corrected chi connectivity index (χ4v) is 4.01. The molecule has 1 aromatic rings. The number of benzene rings is 1. The molecule has 0 radical (unpaired) electrons. The predicted molar refractivity (Wildman–Crippen MR) is 116 cm³/mol. The molecule has 1 aliphatic rings. The number of likely N-dealkylation sites (tertiary alicyclic amines) is 1. The third-order valence-corrected chi connectivity index (χ3v) is 5.33. The van der Waals surface area contributed by atoms with Gasteiger partial charge in [0.15, 0.2) is 0 Å². The summed E-state index contributed by atoms with van der Waals surface area (Å²) in [7, 11) is 0. The first-order chi connectivity index (χ1) is 13.7. The fraction of sp³-hybridized carbons (Fsp3) is 0.591. The van der Waals surface area contributed by atoms with Gasteiger partial charge in [0, 0.05) is 31.4 Å². The van der Waals surface area contributed by atoms with Crippen LogP contribution < -0.4 is 10.6 Å². The highest BCUT2D eigenvalue weighted by molar-refractivity contribution is 5.93. The molecule has 3 atom stereocenters. The normalized spacial score (nSPS) is 20.3. The maximum Gasteiger partial charge on any atom is 0.239 e. The van der Waals surface area contributed by atoms with Crippen molar-refractivity contribution in [2.75, 3.05) is 36.8 Å². The molecule has 3 unspecified atom stereocenters. The number of amides is 3. The van der Waals surface area contributed by atoms with Crippen molar-refractivity contribution in [3.63, 3.8) is 0 Å². The van der Waals surface area contributed by atoms with Crippen molar-refractivity contribution in [1.29, 1.82) is 0 Å². The van der Waals surface area contributed by atoms with Crippen LogP contribution in [-0.4, -0.2) is 59.7 Å². The van der Waals surface area contributed by atoms with Gasteiger partial charge in [-0.15, -0.1) is 0 Å². The second-order valence-corrected chi connectivity index (χ2v) is 8.24. The molecule has 1 heterocycles. The van der Waals surface area contributed by atoms with Gasteiger partial charge < -0.3 is 15.5 Å². The summed E-state index contributed by atoms with van der Waals surface area (Å²) in [5, 5.41) is 5.55. The van der Waals surface area contributed by atoms with Crippen LogP contribution in [0.3, 0.4) is 0 Å². The van der Waals surface area contributed by atoms with Gasteiger partial charge in [-0.1, -0.05) is 20.8 Å². The van der Waals surface area contributed by atoms with E-state index in [1.807, 2.05) is 23.6 Å². The van der Waals surface area contributed by atoms with E-state index in [1.54, 1.807) is 24.3 Å². The van der Waals surface area contributed by atoms with Crippen LogP contribution >= 0.6 is 0 Å². The molecule has 0 bridgehead atoms. The standard InChI is InChI=1S/C22H34N4O3/c1-6-25(17(4)22(29)26-12-15(2)11-16(3)13-26)14-21(28)24-20-9-7-19(8-10-20)23-18(5)27/h7-10,15-17H,6,11-14H2,1-5H3,(H,23,27)(H,24,28). The molecule has 0 aliphatic carbocycles. The van der Waals surface area contributed by atoms with Crippen molar-refractivity contribution in [3.8, 4) is 0 Å². The molecule has 160 valence electrons. The zero-order chi connectivity index (χ0) is 21.6. The summed E-state index contributed by atoms with van der Waals surface area (Å²) >= 11 is 0. The van der Waals surface area contributed by atoms with Crippen LogP contribution in [0.15, 0.2) is 24.3 Å². The van der Waals surface area contributed by atoms with Crippen molar-refractivity contribution in [2.24, 2.45) is 11.8 Å². The first kappa shape index (κ1) is 22.9. The van der Waals surface area contributed by atoms with Crippen LogP contribution in [0, 0.1) is 11.8 Å². The molecule has 1 saturated heterocycles. The minimum absolute atomic E-state index is 0.0951. The number of carbonyl (C=O) groups is 3. The van der Waals surface area contributed by atoms with Crippen molar-refractivity contribution < 1.29 is 14.4 Å². The second kappa shape index (κ2) is 10.4. The molecule has 0 aromatic heterocycles. The Labute approximate surface area is 173 Å². The maximum absolute atomic E-state index is 13.0. The number of nitrogens with one attached hydrogen (secondary N) is 2. The van der Waals surface area contributed by atoms with E-state index in [4.69, 9.17) is 0 Å². The van der Waals surface area contributed by atoms with E-state index in [-0.39, 0.29) is 30.3 Å². The highest BCUT2D eigenvalue weighted by Crippen LogP contribution is 2.22. The quantitative estimate of drug-likeness (QED) is 0.735. The Morgan fingerprint density at radius 1 is 1.07 bits per heavy atom. The smallest absolute Gasteiger partial charge is 0.239 e. The van der Waals surface area contributed by atoms with E-state index >= 15 is 0 Å². The van der Waals surface area contributed by atoms with Gasteiger partial charge in [-0.3, -0.25) is 19.3 Å². The third-order valence-electron chi connectivity index (χ3n) is 5.33. The number of nitrogens with zero attached hydrogens (tertiary/aromatic N) is 2. The SMILES string of the molecule is CCN(CC(=O)Nc1ccc(NC(C)=O)cc1)C(C)C(=O)N1CC(C)CC(C)C1. The molecule has 1 aromatic carbocycles. The molecule has 7 nitrogen and oxygen atoms in total. The van der Waals surface area contributed by atoms with Crippen LogP contribution in [0.2, 0.25) is 0 Å². The Hall–Kier alpha value is -2.41. The Balaban J connectivity index is 1.92. The van der Waals surface area contributed by atoms with Gasteiger partial charge in [0.1, 0.15) is 0 Å². The lowest BCUT2D eigenvalue weighted by molar-refractivity contribution is -0.139. The number of hydrogen-bond donors (Lipinski definition) is 2. The zero-order valence-electron chi connectivity index (χ0n) is 18.2. The van der Waals surface area contributed by atoms with Gasteiger partial charge >= 0.3 is 0 Å². The van der Waals surface area contributed by atoms with E-state index in [9.17, 15) is 14.4 Å². The van der Waals surface area contributed by atoms with Gasteiger partial charge in [-0.2, -0.15) is 0 Å². The average Bonchev–Trinajstić information content (AvgIpc) is 2.65. The summed E-state index contributed by atoms with van der Waals surface area (Å²) in [5.41, 5.74) is 1.33. The first-order valence-electron chi connectivity index (χ1n) is 10.4. The Bertz CT molecular complexity index is 709. The summed E-state index contributed by atoms with van der Waals surface area (Å²) in [6, 6.07) is 6.61. The maximum atomic E-state index is 13.0. The third kappa shape index (κ3) is 6.85. The summed E-state index contributed by atoms with van der Waals surface area (Å²) in [6.07, 6.45) is 1.15. The van der Waals surface area contributed by atoms with Gasteiger partial charge in [-0.05, 0) is 56.0 Å². The number of anilines is 2. The number of piperidine rings is 1. The number of likely N-dealkylation sites (N-methyl/N-ethyl adjacent to an activating group) is 1. The average molecular weight is 403 g/mol. The van der Waals surface area contributed by atoms with Crippen LogP contribution in [0.25, 0.3) is 0 Å². The van der Waals surface area contributed by atoms with Crippen LogP contribution in [0.4, 0.5) is 11.4 Å². The van der Waals surface area contributed by atoms with Crippen molar-refractivity contribution >= 4 is 29.1 Å². The fourth-order valence-electron chi connectivity index (χ4n) is 4.01. The van der Waals surface area contributed by atoms with Gasteiger partial charge in [0.25, 0.3) is 0 Å². The molecule has 29 heavy (non-hydrogen) atoms. The molecule has 7 heteroatoms. The summed E-state index contributed by atoms with van der Waals surface area (Å²) < 4.78 is 0. The zero-order valence-corrected chi connectivity index (χ0v) is 18.2. The lowest BCUT2D eigenvalue weighted by atomic mass is 9.91. The predicted octanol–water partition coefficient (Wildman–Crippen LogP) is 2.80. The Morgan fingerprint density at radius 3 is 2.07 bits per heavy atom. The van der Waals surface area contributed by atoms with Crippen LogP contribution in [-0.2, 0) is 14.4 Å². The first-order valence-corrected chi connectivity index (χ1v) is 10.4. The Kier molecular flexibility index (Phi) is 8.20. The molecule has 3 amide bonds. The monoisotopic (exact) mass is 402 g/mol. The van der Waals surface area contributed by atoms with Crippen LogP contribution in [0.5, 0.6) is 0 Å². The molecule has 1 fully saturated rings. The lowest BCUT2D eigenvalue weighted by Crippen LogP contribution is -2.52. The van der Waals surface area contributed by atoms with Gasteiger partial charge in [0.2, 0.25) is 17.7 Å². The van der Waals surface area contributed by atoms with E-state index in [2.05, 4.69) is 24.5 Å². The van der Waals surface area contributed by atoms with Gasteiger partial charge in [-0.25, -0.2) is 0 Å². The molecular formula is C22H34N4O3. The minimum atomic E-state index is -0.342. The van der Waals surface area contributed by atoms with Crippen molar-refractivity contribution in [1.82, 2.24) is 9.80 Å². The van der Waals surface area contributed by atoms with Crippen LogP contribution in [0.1, 0.15) is 41.0 Å². The van der Waals surface area contributed by atoms with Gasteiger partial charge in [0.05, 0.1) is 12.6 Å². The molecule has 1 aliphatic heterocycles. The van der Waals surface area contributed by atoms with Crippen molar-refractivity contribution in [3.05, 3.63) is 24.3 Å². The largest absolute Gasteiger partial charge is 0.341 e.